The summed E-state index contributed by atoms with van der Waals surface area (Å²) in [6.45, 7) is 0.639. The zero-order chi connectivity index (χ0) is 24.4. The van der Waals surface area contributed by atoms with Crippen LogP contribution in [-0.2, 0) is 22.5 Å². The maximum absolute atomic E-state index is 13.4. The van der Waals surface area contributed by atoms with Crippen LogP contribution in [0.2, 0.25) is 5.02 Å². The molecule has 0 saturated carbocycles. The molecule has 0 aromatic heterocycles. The summed E-state index contributed by atoms with van der Waals surface area (Å²) < 4.78 is 31.0. The highest BCUT2D eigenvalue weighted by atomic mass is 35.5. The van der Waals surface area contributed by atoms with Crippen LogP contribution in [0.4, 0.5) is 4.39 Å². The van der Waals surface area contributed by atoms with Crippen molar-refractivity contribution >= 4 is 11.6 Å². The van der Waals surface area contributed by atoms with Gasteiger partial charge < -0.3 is 24.4 Å². The van der Waals surface area contributed by atoms with Crippen LogP contribution >= 0.6 is 11.6 Å². The van der Waals surface area contributed by atoms with Gasteiger partial charge in [0.15, 0.2) is 0 Å². The van der Waals surface area contributed by atoms with E-state index in [1.54, 1.807) is 6.07 Å². The zero-order valence-corrected chi connectivity index (χ0v) is 20.0. The minimum atomic E-state index is -0.498. The minimum Gasteiger partial charge on any atom is -0.491 e. The normalized spacial score (nSPS) is 23.8. The number of rotatable bonds is 7. The Balaban J connectivity index is 1.22. The van der Waals surface area contributed by atoms with Crippen molar-refractivity contribution in [2.24, 2.45) is 0 Å². The van der Waals surface area contributed by atoms with E-state index < -0.39 is 6.10 Å². The van der Waals surface area contributed by atoms with Crippen LogP contribution < -0.4 is 4.74 Å². The molecular weight excluding hydrogens is 471 g/mol. The summed E-state index contributed by atoms with van der Waals surface area (Å²) in [4.78, 5) is 0. The van der Waals surface area contributed by atoms with Gasteiger partial charge in [0.1, 0.15) is 24.3 Å². The van der Waals surface area contributed by atoms with Gasteiger partial charge in [-0.25, -0.2) is 4.39 Å². The molecule has 1 fully saturated rings. The summed E-state index contributed by atoms with van der Waals surface area (Å²) in [6, 6.07) is 18.3. The van der Waals surface area contributed by atoms with Gasteiger partial charge >= 0.3 is 0 Å². The van der Waals surface area contributed by atoms with E-state index in [4.69, 9.17) is 25.8 Å². The van der Waals surface area contributed by atoms with Gasteiger partial charge in [-0.05, 0) is 64.6 Å². The lowest BCUT2D eigenvalue weighted by molar-refractivity contribution is -0.113. The van der Waals surface area contributed by atoms with E-state index in [1.807, 2.05) is 42.5 Å². The fourth-order valence-corrected chi connectivity index (χ4v) is 4.96. The molecule has 0 bridgehead atoms. The molecule has 3 aromatic carbocycles. The first-order chi connectivity index (χ1) is 17.0. The third-order valence-electron chi connectivity index (χ3n) is 6.63. The first-order valence-electron chi connectivity index (χ1n) is 11.8. The maximum atomic E-state index is 13.4. The van der Waals surface area contributed by atoms with Crippen molar-refractivity contribution < 1.29 is 28.8 Å². The Bertz CT molecular complexity index is 1170. The molecule has 0 spiro atoms. The highest BCUT2D eigenvalue weighted by molar-refractivity contribution is 6.31. The maximum Gasteiger partial charge on any atom is 0.123 e. The molecule has 7 heteroatoms. The predicted octanol–water partition coefficient (Wildman–Crippen LogP) is 5.29. The third kappa shape index (κ3) is 5.68. The van der Waals surface area contributed by atoms with Crippen LogP contribution in [0.5, 0.6) is 5.75 Å². The molecule has 4 atom stereocenters. The Morgan fingerprint density at radius 3 is 2.66 bits per heavy atom. The van der Waals surface area contributed by atoms with Gasteiger partial charge in [0.05, 0.1) is 31.5 Å². The molecule has 5 nitrogen and oxygen atoms in total. The highest BCUT2D eigenvalue weighted by Crippen LogP contribution is 2.34. The van der Waals surface area contributed by atoms with E-state index in [0.717, 1.165) is 33.6 Å². The Labute approximate surface area is 209 Å². The molecule has 0 radical (unpaired) electrons. The number of aliphatic hydroxyl groups excluding tert-OH is 2. The molecule has 2 N–H and O–H groups in total. The lowest BCUT2D eigenvalue weighted by Crippen LogP contribution is -2.33. The first-order valence-corrected chi connectivity index (χ1v) is 12.2. The van der Waals surface area contributed by atoms with Crippen molar-refractivity contribution in [2.75, 3.05) is 13.2 Å². The second kappa shape index (κ2) is 10.6. The largest absolute Gasteiger partial charge is 0.491 e. The smallest absolute Gasteiger partial charge is 0.123 e. The van der Waals surface area contributed by atoms with Gasteiger partial charge in [-0.1, -0.05) is 41.9 Å². The summed E-state index contributed by atoms with van der Waals surface area (Å²) in [5, 5.41) is 20.3. The van der Waals surface area contributed by atoms with E-state index in [2.05, 4.69) is 0 Å². The molecule has 2 aliphatic heterocycles. The number of halogens is 2. The molecule has 5 rings (SSSR count). The van der Waals surface area contributed by atoms with E-state index in [9.17, 15) is 14.6 Å². The Kier molecular flexibility index (Phi) is 7.37. The van der Waals surface area contributed by atoms with Crippen molar-refractivity contribution in [2.45, 2.75) is 50.3 Å². The lowest BCUT2D eigenvalue weighted by atomic mass is 9.94. The summed E-state index contributed by atoms with van der Waals surface area (Å²) in [5.41, 5.74) is 4.82. The molecule has 3 aromatic rings. The van der Waals surface area contributed by atoms with Crippen LogP contribution in [0.25, 0.3) is 0 Å². The van der Waals surface area contributed by atoms with E-state index in [1.165, 1.54) is 12.1 Å². The molecule has 0 amide bonds. The number of fused-ring (bicyclic) bond motifs is 1. The van der Waals surface area contributed by atoms with Crippen molar-refractivity contribution in [3.63, 3.8) is 0 Å². The van der Waals surface area contributed by atoms with Crippen LogP contribution in [0.15, 0.2) is 60.7 Å². The standard InChI is InChI=1S/C28H28ClFO5/c29-26-8-3-18(27-13-22(32)12-24(14-31)35-27)10-19(26)9-17-1-5-23(6-2-17)33-16-28-25-7-4-21(30)11-20(25)15-34-28/h1-8,10-11,22,24,27-28,31-32H,9,12-16H2/t22-,24-,27+,28-/m0/s1. The molecule has 0 unspecified atom stereocenters. The third-order valence-corrected chi connectivity index (χ3v) is 7.00. The molecule has 1 saturated heterocycles. The second-order valence-electron chi connectivity index (χ2n) is 9.18. The second-order valence-corrected chi connectivity index (χ2v) is 9.59. The van der Waals surface area contributed by atoms with E-state index >= 15 is 0 Å². The summed E-state index contributed by atoms with van der Waals surface area (Å²) in [5.74, 6) is 0.473. The summed E-state index contributed by atoms with van der Waals surface area (Å²) in [6.07, 6.45) is 0.227. The monoisotopic (exact) mass is 498 g/mol. The average molecular weight is 499 g/mol. The fourth-order valence-electron chi connectivity index (χ4n) is 4.78. The Morgan fingerprint density at radius 1 is 1.03 bits per heavy atom. The van der Waals surface area contributed by atoms with Gasteiger partial charge in [0, 0.05) is 17.9 Å². The Hall–Kier alpha value is -2.48. The van der Waals surface area contributed by atoms with Crippen molar-refractivity contribution in [3.8, 4) is 5.75 Å². The highest BCUT2D eigenvalue weighted by Gasteiger charge is 2.29. The van der Waals surface area contributed by atoms with Gasteiger partial charge in [-0.3, -0.25) is 0 Å². The van der Waals surface area contributed by atoms with Gasteiger partial charge in [-0.15, -0.1) is 0 Å². The van der Waals surface area contributed by atoms with Crippen LogP contribution in [0.3, 0.4) is 0 Å². The topological polar surface area (TPSA) is 68.2 Å². The van der Waals surface area contributed by atoms with Crippen molar-refractivity contribution in [1.82, 2.24) is 0 Å². The molecular formula is C28H28ClFO5. The number of hydrogen-bond donors (Lipinski definition) is 2. The Morgan fingerprint density at radius 2 is 1.86 bits per heavy atom. The lowest BCUT2D eigenvalue weighted by Gasteiger charge is -2.32. The molecule has 35 heavy (non-hydrogen) atoms. The van der Waals surface area contributed by atoms with Gasteiger partial charge in [-0.2, -0.15) is 0 Å². The van der Waals surface area contributed by atoms with Crippen molar-refractivity contribution in [3.05, 3.63) is 99.3 Å². The zero-order valence-electron chi connectivity index (χ0n) is 19.2. The van der Waals surface area contributed by atoms with Crippen LogP contribution in [0.1, 0.15) is 52.9 Å². The molecule has 184 valence electrons. The fraction of sp³-hybridized carbons (Fsp3) is 0.357. The van der Waals surface area contributed by atoms with Crippen LogP contribution in [0, 0.1) is 5.82 Å². The summed E-state index contributed by atoms with van der Waals surface area (Å²) >= 11 is 6.48. The predicted molar refractivity (Wildman–Crippen MR) is 130 cm³/mol. The first kappa shape index (κ1) is 24.2. The quantitative estimate of drug-likeness (QED) is 0.463. The number of hydrogen-bond acceptors (Lipinski definition) is 5. The minimum absolute atomic E-state index is 0.111. The average Bonchev–Trinajstić information content (AvgIpc) is 3.26. The molecule has 2 heterocycles. The number of ether oxygens (including phenoxy) is 3. The van der Waals surface area contributed by atoms with Gasteiger partial charge in [0.2, 0.25) is 0 Å². The summed E-state index contributed by atoms with van der Waals surface area (Å²) in [7, 11) is 0. The molecule has 0 aliphatic carbocycles. The number of benzene rings is 3. The van der Waals surface area contributed by atoms with Crippen LogP contribution in [-0.4, -0.2) is 35.6 Å². The van der Waals surface area contributed by atoms with E-state index in [0.29, 0.717) is 37.5 Å². The number of aliphatic hydroxyl groups is 2. The molecule has 2 aliphatic rings. The van der Waals surface area contributed by atoms with E-state index in [-0.39, 0.29) is 30.7 Å². The van der Waals surface area contributed by atoms with Crippen molar-refractivity contribution in [1.29, 1.82) is 0 Å². The SMILES string of the molecule is OC[C@@H]1C[C@H](O)C[C@H](c2ccc(Cl)c(Cc3ccc(OC[C@@H]4OCc5cc(F)ccc54)cc3)c2)O1. The van der Waals surface area contributed by atoms with Gasteiger partial charge in [0.25, 0.3) is 0 Å².